The van der Waals surface area contributed by atoms with Gasteiger partial charge in [-0.2, -0.15) is 0 Å². The van der Waals surface area contributed by atoms with Crippen LogP contribution in [0.25, 0.3) is 5.57 Å². The number of nitrogens with one attached hydrogen (secondary N) is 1. The van der Waals surface area contributed by atoms with E-state index in [0.717, 1.165) is 5.56 Å². The molecule has 0 saturated carbocycles. The number of aryl methyl sites for hydroxylation is 1. The van der Waals surface area contributed by atoms with Crippen molar-refractivity contribution in [1.29, 1.82) is 0 Å². The van der Waals surface area contributed by atoms with Gasteiger partial charge >= 0.3 is 5.97 Å². The minimum Gasteiger partial charge on any atom is -0.478 e. The van der Waals surface area contributed by atoms with Gasteiger partial charge in [0.15, 0.2) is 0 Å². The van der Waals surface area contributed by atoms with E-state index in [1.807, 2.05) is 25.1 Å². The molecule has 0 heterocycles. The van der Waals surface area contributed by atoms with Crippen molar-refractivity contribution in [2.75, 3.05) is 6.61 Å². The number of carboxylic acids is 1. The second-order valence-corrected chi connectivity index (χ2v) is 9.56. The molecule has 0 aliphatic carbocycles. The first-order valence-electron chi connectivity index (χ1n) is 9.23. The average molecular weight is 418 g/mol. The van der Waals surface area contributed by atoms with Gasteiger partial charge in [-0.25, -0.2) is 17.9 Å². The van der Waals surface area contributed by atoms with Crippen molar-refractivity contribution in [1.82, 2.24) is 4.72 Å². The lowest BCUT2D eigenvalue weighted by atomic mass is 9.91. The van der Waals surface area contributed by atoms with Crippen LogP contribution in [-0.4, -0.2) is 36.7 Å². The van der Waals surface area contributed by atoms with Gasteiger partial charge in [0.25, 0.3) is 0 Å². The first kappa shape index (κ1) is 22.8. The van der Waals surface area contributed by atoms with Crippen molar-refractivity contribution in [2.24, 2.45) is 0 Å². The van der Waals surface area contributed by atoms with Gasteiger partial charge in [0, 0.05) is 24.1 Å². The zero-order valence-corrected chi connectivity index (χ0v) is 17.9. The predicted molar refractivity (Wildman–Crippen MR) is 113 cm³/mol. The predicted octanol–water partition coefficient (Wildman–Crippen LogP) is 3.34. The van der Waals surface area contributed by atoms with E-state index in [0.29, 0.717) is 16.7 Å². The maximum Gasteiger partial charge on any atom is 0.332 e. The Balaban J connectivity index is 2.61. The Morgan fingerprint density at radius 3 is 2.14 bits per heavy atom. The van der Waals surface area contributed by atoms with Crippen LogP contribution in [0.15, 0.2) is 59.0 Å². The molecule has 0 atom stereocenters. The Morgan fingerprint density at radius 1 is 1.03 bits per heavy atom. The molecule has 0 radical (unpaired) electrons. The largest absolute Gasteiger partial charge is 0.478 e. The Morgan fingerprint density at radius 2 is 1.66 bits per heavy atom. The van der Waals surface area contributed by atoms with Gasteiger partial charge in [0.1, 0.15) is 0 Å². The lowest BCUT2D eigenvalue weighted by Crippen LogP contribution is -2.40. The molecule has 7 heteroatoms. The fraction of sp³-hybridized carbons (Fsp3) is 0.318. The highest BCUT2D eigenvalue weighted by Gasteiger charge is 2.23. The van der Waals surface area contributed by atoms with E-state index in [-0.39, 0.29) is 23.5 Å². The fourth-order valence-corrected chi connectivity index (χ4v) is 4.45. The van der Waals surface area contributed by atoms with Crippen LogP contribution in [0.5, 0.6) is 0 Å². The van der Waals surface area contributed by atoms with E-state index in [1.54, 1.807) is 39.0 Å². The molecule has 29 heavy (non-hydrogen) atoms. The fourth-order valence-electron chi connectivity index (χ4n) is 3.03. The summed E-state index contributed by atoms with van der Waals surface area (Å²) in [6, 6.07) is 13.5. The summed E-state index contributed by atoms with van der Waals surface area (Å²) >= 11 is 0. The molecule has 0 aromatic heterocycles. The van der Waals surface area contributed by atoms with E-state index < -0.39 is 21.5 Å². The highest BCUT2D eigenvalue weighted by atomic mass is 32.2. The number of hydrogen-bond acceptors (Lipinski definition) is 4. The van der Waals surface area contributed by atoms with E-state index >= 15 is 0 Å². The number of rotatable bonds is 7. The third-order valence-corrected chi connectivity index (χ3v) is 5.90. The van der Waals surface area contributed by atoms with E-state index in [1.165, 1.54) is 12.1 Å². The zero-order chi connectivity index (χ0) is 21.8. The Bertz CT molecular complexity index is 1020. The minimum absolute atomic E-state index is 0.0236. The van der Waals surface area contributed by atoms with Crippen LogP contribution in [-0.2, 0) is 14.8 Å². The maximum atomic E-state index is 12.5. The highest BCUT2D eigenvalue weighted by Crippen LogP contribution is 2.30. The van der Waals surface area contributed by atoms with Crippen molar-refractivity contribution >= 4 is 21.6 Å². The zero-order valence-electron chi connectivity index (χ0n) is 17.1. The number of aliphatic hydroxyl groups excluding tert-OH is 1. The summed E-state index contributed by atoms with van der Waals surface area (Å²) in [7, 11) is -3.70. The Labute approximate surface area is 172 Å². The SMILES string of the molecule is Cc1cccc(/C(=C(/CCO)C(=O)O)c2ccc(S(=O)(=O)NC(C)(C)C)cc2)c1. The molecule has 156 valence electrons. The number of aliphatic carboxylic acids is 1. The molecule has 0 amide bonds. The summed E-state index contributed by atoms with van der Waals surface area (Å²) in [5.41, 5.74) is 2.13. The lowest BCUT2D eigenvalue weighted by molar-refractivity contribution is -0.132. The van der Waals surface area contributed by atoms with Crippen molar-refractivity contribution < 1.29 is 23.4 Å². The van der Waals surface area contributed by atoms with Gasteiger partial charge in [-0.15, -0.1) is 0 Å². The quantitative estimate of drug-likeness (QED) is 0.600. The Kier molecular flexibility index (Phi) is 7.00. The molecule has 0 fully saturated rings. The van der Waals surface area contributed by atoms with Gasteiger partial charge in [-0.05, 0) is 56.5 Å². The minimum atomic E-state index is -3.70. The van der Waals surface area contributed by atoms with Crippen LogP contribution in [0.1, 0.15) is 43.9 Å². The van der Waals surface area contributed by atoms with Gasteiger partial charge in [0.05, 0.1) is 4.90 Å². The van der Waals surface area contributed by atoms with Gasteiger partial charge in [0.2, 0.25) is 10.0 Å². The number of carbonyl (C=O) groups is 1. The van der Waals surface area contributed by atoms with Crippen LogP contribution in [0.3, 0.4) is 0 Å². The van der Waals surface area contributed by atoms with Crippen molar-refractivity contribution in [3.8, 4) is 0 Å². The number of aliphatic hydroxyl groups is 1. The van der Waals surface area contributed by atoms with Crippen molar-refractivity contribution in [2.45, 2.75) is 44.6 Å². The van der Waals surface area contributed by atoms with E-state index in [2.05, 4.69) is 4.72 Å². The first-order chi connectivity index (χ1) is 13.4. The summed E-state index contributed by atoms with van der Waals surface area (Å²) in [4.78, 5) is 12.0. The molecule has 0 saturated heterocycles. The molecule has 0 spiro atoms. The maximum absolute atomic E-state index is 12.5. The van der Waals surface area contributed by atoms with E-state index in [4.69, 9.17) is 0 Å². The van der Waals surface area contributed by atoms with Crippen LogP contribution in [0.4, 0.5) is 0 Å². The van der Waals surface area contributed by atoms with E-state index in [9.17, 15) is 23.4 Å². The summed E-state index contributed by atoms with van der Waals surface area (Å²) in [6.45, 7) is 6.86. The topological polar surface area (TPSA) is 104 Å². The number of sulfonamides is 1. The van der Waals surface area contributed by atoms with Crippen molar-refractivity contribution in [3.05, 3.63) is 70.8 Å². The normalized spacial score (nSPS) is 13.1. The molecule has 3 N–H and O–H groups in total. The van der Waals surface area contributed by atoms with Crippen LogP contribution in [0, 0.1) is 6.92 Å². The van der Waals surface area contributed by atoms with Gasteiger partial charge in [-0.1, -0.05) is 42.0 Å². The lowest BCUT2D eigenvalue weighted by Gasteiger charge is -2.20. The molecule has 0 bridgehead atoms. The molecule has 2 rings (SSSR count). The second kappa shape index (κ2) is 8.90. The number of hydrogen-bond donors (Lipinski definition) is 3. The molecule has 0 aliphatic rings. The molecular formula is C22H27NO5S. The van der Waals surface area contributed by atoms with Gasteiger partial charge < -0.3 is 10.2 Å². The number of carboxylic acid groups (broad SMARTS) is 1. The molecule has 0 aliphatic heterocycles. The first-order valence-corrected chi connectivity index (χ1v) is 10.7. The highest BCUT2D eigenvalue weighted by molar-refractivity contribution is 7.89. The molecule has 2 aromatic rings. The van der Waals surface area contributed by atoms with Crippen LogP contribution < -0.4 is 4.72 Å². The molecular weight excluding hydrogens is 390 g/mol. The Hall–Kier alpha value is -2.48. The van der Waals surface area contributed by atoms with Gasteiger partial charge in [-0.3, -0.25) is 0 Å². The molecule has 2 aromatic carbocycles. The summed E-state index contributed by atoms with van der Waals surface area (Å²) in [5, 5.41) is 19.1. The van der Waals surface area contributed by atoms with Crippen LogP contribution in [0.2, 0.25) is 0 Å². The number of benzene rings is 2. The monoisotopic (exact) mass is 417 g/mol. The second-order valence-electron chi connectivity index (χ2n) is 7.88. The standard InChI is InChI=1S/C22H27NO5S/c1-15-6-5-7-17(14-15)20(19(12-13-24)21(25)26)16-8-10-18(11-9-16)29(27,28)23-22(2,3)4/h5-11,14,23-24H,12-13H2,1-4H3,(H,25,26)/b20-19-. The third-order valence-electron chi connectivity index (χ3n) is 4.12. The summed E-state index contributed by atoms with van der Waals surface area (Å²) < 4.78 is 27.7. The third kappa shape index (κ3) is 6.00. The smallest absolute Gasteiger partial charge is 0.332 e. The van der Waals surface area contributed by atoms with Crippen molar-refractivity contribution in [3.63, 3.8) is 0 Å². The van der Waals surface area contributed by atoms with Crippen LogP contribution >= 0.6 is 0 Å². The molecule has 0 unspecified atom stereocenters. The average Bonchev–Trinajstić information content (AvgIpc) is 2.60. The summed E-state index contributed by atoms with van der Waals surface area (Å²) in [5.74, 6) is -1.12. The summed E-state index contributed by atoms with van der Waals surface area (Å²) in [6.07, 6.45) is -0.0236. The molecule has 6 nitrogen and oxygen atoms in total.